The number of anilines is 3. The Balaban J connectivity index is 1.50. The maximum atomic E-state index is 13.2. The van der Waals surface area contributed by atoms with Gasteiger partial charge in [-0.2, -0.15) is 0 Å². The standard InChI is InChI=1S/C25H27ClN4O2/c1-4-19-20(5-2)27-21-9-7-17(14-22(21)28-24(19)31)25(32)30-12-10-29(11-13-30)23-15-18(26)8-6-16(23)3/h4-9,14-15,27H,10-13H2,1-3H3,(H,28,31)/b19-4+,20-5+. The van der Waals surface area contributed by atoms with Crippen LogP contribution in [0.5, 0.6) is 0 Å². The number of nitrogens with one attached hydrogen (secondary N) is 2. The molecule has 32 heavy (non-hydrogen) atoms. The first-order chi connectivity index (χ1) is 15.4. The number of allylic oxidation sites excluding steroid dienone is 2. The summed E-state index contributed by atoms with van der Waals surface area (Å²) in [5.74, 6) is -0.228. The topological polar surface area (TPSA) is 64.7 Å². The predicted octanol–water partition coefficient (Wildman–Crippen LogP) is 4.82. The highest BCUT2D eigenvalue weighted by atomic mass is 35.5. The number of piperazine rings is 1. The minimum atomic E-state index is -0.193. The van der Waals surface area contributed by atoms with Gasteiger partial charge in [-0.05, 0) is 56.7 Å². The zero-order valence-electron chi connectivity index (χ0n) is 18.5. The lowest BCUT2D eigenvalue weighted by molar-refractivity contribution is -0.112. The second-order valence-corrected chi connectivity index (χ2v) is 8.39. The smallest absolute Gasteiger partial charge is 0.257 e. The van der Waals surface area contributed by atoms with Crippen LogP contribution in [-0.4, -0.2) is 42.9 Å². The second kappa shape index (κ2) is 9.09. The molecule has 166 valence electrons. The molecule has 4 rings (SSSR count). The largest absolute Gasteiger partial charge is 0.368 e. The first-order valence-corrected chi connectivity index (χ1v) is 11.1. The van der Waals surface area contributed by atoms with Crippen molar-refractivity contribution in [2.75, 3.05) is 41.7 Å². The molecule has 2 aliphatic rings. The van der Waals surface area contributed by atoms with Crippen molar-refractivity contribution >= 4 is 40.5 Å². The summed E-state index contributed by atoms with van der Waals surface area (Å²) < 4.78 is 0. The number of amides is 2. The van der Waals surface area contributed by atoms with Crippen molar-refractivity contribution in [3.63, 3.8) is 0 Å². The zero-order chi connectivity index (χ0) is 22.8. The van der Waals surface area contributed by atoms with Gasteiger partial charge in [-0.25, -0.2) is 0 Å². The van der Waals surface area contributed by atoms with Gasteiger partial charge < -0.3 is 20.4 Å². The Morgan fingerprint density at radius 1 is 0.969 bits per heavy atom. The molecule has 7 heteroatoms. The number of carbonyl (C=O) groups is 2. The Labute approximate surface area is 193 Å². The first kappa shape index (κ1) is 22.0. The molecule has 2 heterocycles. The van der Waals surface area contributed by atoms with E-state index in [1.165, 1.54) is 5.56 Å². The number of halogens is 1. The van der Waals surface area contributed by atoms with Gasteiger partial charge in [0.25, 0.3) is 11.8 Å². The minimum Gasteiger partial charge on any atom is -0.368 e. The van der Waals surface area contributed by atoms with Gasteiger partial charge in [0.15, 0.2) is 0 Å². The number of fused-ring (bicyclic) bond motifs is 1. The Kier molecular flexibility index (Phi) is 6.24. The van der Waals surface area contributed by atoms with Crippen LogP contribution in [0.3, 0.4) is 0 Å². The van der Waals surface area contributed by atoms with Gasteiger partial charge in [0.1, 0.15) is 0 Å². The van der Waals surface area contributed by atoms with E-state index in [2.05, 4.69) is 22.5 Å². The molecule has 2 aromatic carbocycles. The van der Waals surface area contributed by atoms with Gasteiger partial charge in [0.05, 0.1) is 16.9 Å². The van der Waals surface area contributed by atoms with Gasteiger partial charge in [-0.1, -0.05) is 29.8 Å². The Morgan fingerprint density at radius 2 is 1.72 bits per heavy atom. The van der Waals surface area contributed by atoms with E-state index in [1.807, 2.05) is 55.2 Å². The van der Waals surface area contributed by atoms with E-state index in [-0.39, 0.29) is 11.8 Å². The van der Waals surface area contributed by atoms with Crippen LogP contribution >= 0.6 is 11.6 Å². The van der Waals surface area contributed by atoms with E-state index in [0.29, 0.717) is 34.9 Å². The van der Waals surface area contributed by atoms with Crippen molar-refractivity contribution < 1.29 is 9.59 Å². The van der Waals surface area contributed by atoms with Crippen molar-refractivity contribution in [3.05, 3.63) is 76.0 Å². The number of carbonyl (C=O) groups excluding carboxylic acids is 2. The SMILES string of the molecule is C/C=C1/Nc2ccc(C(=O)N3CCN(c4cc(Cl)ccc4C)CC3)cc2NC(=O)/C1=C/C. The average Bonchev–Trinajstić information content (AvgIpc) is 2.94. The van der Waals surface area contributed by atoms with Crippen molar-refractivity contribution in [1.29, 1.82) is 0 Å². The fourth-order valence-electron chi connectivity index (χ4n) is 4.18. The van der Waals surface area contributed by atoms with E-state index in [1.54, 1.807) is 12.1 Å². The van der Waals surface area contributed by atoms with Crippen LogP contribution in [0.2, 0.25) is 5.02 Å². The second-order valence-electron chi connectivity index (χ2n) is 7.95. The summed E-state index contributed by atoms with van der Waals surface area (Å²) in [6, 6.07) is 11.3. The van der Waals surface area contributed by atoms with Crippen LogP contribution in [-0.2, 0) is 4.79 Å². The van der Waals surface area contributed by atoms with Crippen molar-refractivity contribution in [2.45, 2.75) is 20.8 Å². The normalized spacial score (nSPS) is 18.8. The van der Waals surface area contributed by atoms with Crippen LogP contribution < -0.4 is 15.5 Å². The molecule has 6 nitrogen and oxygen atoms in total. The molecule has 0 atom stereocenters. The number of hydrogen-bond donors (Lipinski definition) is 2. The molecule has 2 amide bonds. The molecule has 0 aliphatic carbocycles. The van der Waals surface area contributed by atoms with E-state index < -0.39 is 0 Å². The van der Waals surface area contributed by atoms with E-state index in [9.17, 15) is 9.59 Å². The van der Waals surface area contributed by atoms with Crippen molar-refractivity contribution in [1.82, 2.24) is 4.90 Å². The number of rotatable bonds is 2. The third-order valence-corrected chi connectivity index (χ3v) is 6.21. The summed E-state index contributed by atoms with van der Waals surface area (Å²) in [7, 11) is 0. The van der Waals surface area contributed by atoms with Crippen LogP contribution in [0, 0.1) is 6.92 Å². The van der Waals surface area contributed by atoms with E-state index in [4.69, 9.17) is 11.6 Å². The number of nitrogens with zero attached hydrogens (tertiary/aromatic N) is 2. The summed E-state index contributed by atoms with van der Waals surface area (Å²) >= 11 is 6.18. The molecule has 2 N–H and O–H groups in total. The maximum Gasteiger partial charge on any atom is 0.257 e. The average molecular weight is 451 g/mol. The highest BCUT2D eigenvalue weighted by Gasteiger charge is 2.25. The highest BCUT2D eigenvalue weighted by Crippen LogP contribution is 2.31. The molecule has 2 aliphatic heterocycles. The summed E-state index contributed by atoms with van der Waals surface area (Å²) in [5.41, 5.74) is 5.53. The molecule has 0 unspecified atom stereocenters. The van der Waals surface area contributed by atoms with Crippen LogP contribution in [0.1, 0.15) is 29.8 Å². The van der Waals surface area contributed by atoms with Crippen LogP contribution in [0.25, 0.3) is 0 Å². The Hall–Kier alpha value is -3.25. The highest BCUT2D eigenvalue weighted by molar-refractivity contribution is 6.30. The van der Waals surface area contributed by atoms with Gasteiger partial charge >= 0.3 is 0 Å². The zero-order valence-corrected chi connectivity index (χ0v) is 19.3. The molecule has 1 saturated heterocycles. The monoisotopic (exact) mass is 450 g/mol. The molecule has 0 bridgehead atoms. The van der Waals surface area contributed by atoms with E-state index in [0.717, 1.165) is 30.2 Å². The maximum absolute atomic E-state index is 13.2. The molecular weight excluding hydrogens is 424 g/mol. The fourth-order valence-corrected chi connectivity index (χ4v) is 4.35. The lowest BCUT2D eigenvalue weighted by Gasteiger charge is -2.37. The minimum absolute atomic E-state index is 0.0359. The van der Waals surface area contributed by atoms with E-state index >= 15 is 0 Å². The molecule has 1 fully saturated rings. The summed E-state index contributed by atoms with van der Waals surface area (Å²) in [6.45, 7) is 8.51. The first-order valence-electron chi connectivity index (χ1n) is 10.8. The molecule has 2 aromatic rings. The van der Waals surface area contributed by atoms with Gasteiger partial charge in [0, 0.05) is 48.1 Å². The lowest BCUT2D eigenvalue weighted by atomic mass is 10.1. The third kappa shape index (κ3) is 4.23. The molecule has 0 radical (unpaired) electrons. The van der Waals surface area contributed by atoms with Gasteiger partial charge in [0.2, 0.25) is 0 Å². The summed E-state index contributed by atoms with van der Waals surface area (Å²) in [6.07, 6.45) is 3.64. The molecular formula is C25H27ClN4O2. The Morgan fingerprint density at radius 3 is 2.41 bits per heavy atom. The Bertz CT molecular complexity index is 1130. The van der Waals surface area contributed by atoms with Crippen LogP contribution in [0.4, 0.5) is 17.1 Å². The van der Waals surface area contributed by atoms with Crippen LogP contribution in [0.15, 0.2) is 59.8 Å². The summed E-state index contributed by atoms with van der Waals surface area (Å²) in [5, 5.41) is 6.93. The lowest BCUT2D eigenvalue weighted by Crippen LogP contribution is -2.49. The number of hydrogen-bond acceptors (Lipinski definition) is 4. The fraction of sp³-hybridized carbons (Fsp3) is 0.280. The van der Waals surface area contributed by atoms with Crippen molar-refractivity contribution in [3.8, 4) is 0 Å². The third-order valence-electron chi connectivity index (χ3n) is 5.97. The molecule has 0 aromatic heterocycles. The molecule has 0 saturated carbocycles. The summed E-state index contributed by atoms with van der Waals surface area (Å²) in [4.78, 5) is 29.9. The number of aryl methyl sites for hydroxylation is 1. The predicted molar refractivity (Wildman–Crippen MR) is 131 cm³/mol. The molecule has 0 spiro atoms. The van der Waals surface area contributed by atoms with Gasteiger partial charge in [-0.15, -0.1) is 0 Å². The number of benzene rings is 2. The van der Waals surface area contributed by atoms with Gasteiger partial charge in [-0.3, -0.25) is 9.59 Å². The quantitative estimate of drug-likeness (QED) is 0.643. The van der Waals surface area contributed by atoms with Crippen molar-refractivity contribution in [2.24, 2.45) is 0 Å².